The summed E-state index contributed by atoms with van der Waals surface area (Å²) in [6.45, 7) is 1.69. The van der Waals surface area contributed by atoms with Crippen molar-refractivity contribution in [2.24, 2.45) is 0 Å². The summed E-state index contributed by atoms with van der Waals surface area (Å²) in [5.41, 5.74) is 0.755. The van der Waals surface area contributed by atoms with Gasteiger partial charge in [-0.15, -0.1) is 12.4 Å². The monoisotopic (exact) mass is 148 g/mol. The van der Waals surface area contributed by atoms with Crippen molar-refractivity contribution in [3.63, 3.8) is 0 Å². The maximum absolute atomic E-state index is 8.84. The Bertz CT molecular complexity index is 150. The average molecular weight is 149 g/mol. The van der Waals surface area contributed by atoms with Gasteiger partial charge in [0.2, 0.25) is 0 Å². The highest BCUT2D eigenvalue weighted by Crippen LogP contribution is 2.04. The van der Waals surface area contributed by atoms with Gasteiger partial charge in [-0.1, -0.05) is 0 Å². The first-order chi connectivity index (χ1) is 3.80. The lowest BCUT2D eigenvalue weighted by molar-refractivity contribution is 0.194. The number of aliphatic hydroxyl groups is 1. The molecule has 0 spiro atoms. The van der Waals surface area contributed by atoms with E-state index in [-0.39, 0.29) is 12.4 Å². The van der Waals surface area contributed by atoms with Gasteiger partial charge >= 0.3 is 0 Å². The highest BCUT2D eigenvalue weighted by molar-refractivity contribution is 5.85. The average Bonchev–Trinajstić information content (AvgIpc) is 2.12. The lowest BCUT2D eigenvalue weighted by Gasteiger charge is -1.95. The second kappa shape index (κ2) is 3.48. The minimum Gasteiger partial charge on any atom is -0.387 e. The third-order valence-electron chi connectivity index (χ3n) is 0.972. The molecule has 1 atom stereocenters. The van der Waals surface area contributed by atoms with Crippen molar-refractivity contribution in [3.8, 4) is 0 Å². The smallest absolute Gasteiger partial charge is 0.0926 e. The molecule has 1 rings (SSSR count). The molecular formula is C5H9ClN2O. The summed E-state index contributed by atoms with van der Waals surface area (Å²) >= 11 is 0. The van der Waals surface area contributed by atoms with E-state index >= 15 is 0 Å². The van der Waals surface area contributed by atoms with Gasteiger partial charge in [-0.3, -0.25) is 5.10 Å². The van der Waals surface area contributed by atoms with Crippen molar-refractivity contribution >= 4 is 12.4 Å². The van der Waals surface area contributed by atoms with E-state index in [0.29, 0.717) is 0 Å². The number of nitrogens with one attached hydrogen (secondary N) is 1. The van der Waals surface area contributed by atoms with Crippen molar-refractivity contribution in [2.75, 3.05) is 0 Å². The molecule has 1 aromatic rings. The fourth-order valence-electron chi connectivity index (χ4n) is 0.499. The lowest BCUT2D eigenvalue weighted by atomic mass is 10.3. The van der Waals surface area contributed by atoms with Gasteiger partial charge in [0.15, 0.2) is 0 Å². The predicted octanol–water partition coefficient (Wildman–Crippen LogP) is 0.885. The SMILES string of the molecule is C[C@H](O)c1ccn[nH]1.Cl. The predicted molar refractivity (Wildman–Crippen MR) is 36.5 cm³/mol. The number of H-pyrrole nitrogens is 1. The van der Waals surface area contributed by atoms with Crippen LogP contribution in [0.5, 0.6) is 0 Å². The number of aromatic nitrogens is 2. The van der Waals surface area contributed by atoms with E-state index in [2.05, 4.69) is 10.2 Å². The molecule has 3 nitrogen and oxygen atoms in total. The molecule has 52 valence electrons. The minimum absolute atomic E-state index is 0. The molecule has 0 aliphatic rings. The molecule has 1 aromatic heterocycles. The van der Waals surface area contributed by atoms with Crippen LogP contribution < -0.4 is 0 Å². The molecule has 0 aliphatic heterocycles. The quantitative estimate of drug-likeness (QED) is 0.622. The van der Waals surface area contributed by atoms with E-state index in [4.69, 9.17) is 5.11 Å². The molecule has 9 heavy (non-hydrogen) atoms. The molecule has 2 N–H and O–H groups in total. The van der Waals surface area contributed by atoms with Crippen LogP contribution in [0.4, 0.5) is 0 Å². The third kappa shape index (κ3) is 2.03. The van der Waals surface area contributed by atoms with E-state index in [1.807, 2.05) is 0 Å². The summed E-state index contributed by atoms with van der Waals surface area (Å²) in [4.78, 5) is 0. The number of halogens is 1. The molecule has 0 saturated heterocycles. The third-order valence-corrected chi connectivity index (χ3v) is 0.972. The van der Waals surface area contributed by atoms with Crippen molar-refractivity contribution in [1.82, 2.24) is 10.2 Å². The molecule has 0 radical (unpaired) electrons. The van der Waals surface area contributed by atoms with Crippen LogP contribution in [0, 0.1) is 0 Å². The first-order valence-electron chi connectivity index (χ1n) is 2.48. The van der Waals surface area contributed by atoms with Crippen LogP contribution in [0.15, 0.2) is 12.3 Å². The Morgan fingerprint density at radius 1 is 1.78 bits per heavy atom. The van der Waals surface area contributed by atoms with Crippen LogP contribution in [0.2, 0.25) is 0 Å². The standard InChI is InChI=1S/C5H8N2O.ClH/c1-4(8)5-2-3-6-7-5;/h2-4,8H,1H3,(H,6,7);1H/t4-;/m0./s1. The highest BCUT2D eigenvalue weighted by Gasteiger charge is 1.97. The summed E-state index contributed by atoms with van der Waals surface area (Å²) in [5.74, 6) is 0. The second-order valence-electron chi connectivity index (χ2n) is 1.69. The van der Waals surface area contributed by atoms with Crippen LogP contribution in [-0.2, 0) is 0 Å². The maximum atomic E-state index is 8.84. The lowest BCUT2D eigenvalue weighted by Crippen LogP contribution is -1.89. The summed E-state index contributed by atoms with van der Waals surface area (Å²) in [7, 11) is 0. The van der Waals surface area contributed by atoms with Gasteiger partial charge in [-0.25, -0.2) is 0 Å². The summed E-state index contributed by atoms with van der Waals surface area (Å²) in [6.07, 6.45) is 1.18. The number of rotatable bonds is 1. The topological polar surface area (TPSA) is 48.9 Å². The molecular weight excluding hydrogens is 140 g/mol. The van der Waals surface area contributed by atoms with Gasteiger partial charge in [-0.05, 0) is 13.0 Å². The molecule has 0 fully saturated rings. The summed E-state index contributed by atoms with van der Waals surface area (Å²) < 4.78 is 0. The van der Waals surface area contributed by atoms with Crippen LogP contribution in [0.25, 0.3) is 0 Å². The van der Waals surface area contributed by atoms with E-state index in [1.54, 1.807) is 19.2 Å². The first-order valence-corrected chi connectivity index (χ1v) is 2.48. The van der Waals surface area contributed by atoms with E-state index in [9.17, 15) is 0 Å². The molecule has 0 aromatic carbocycles. The molecule has 4 heteroatoms. The molecule has 0 amide bonds. The van der Waals surface area contributed by atoms with Crippen molar-refractivity contribution in [2.45, 2.75) is 13.0 Å². The first kappa shape index (κ1) is 8.46. The number of hydrogen-bond acceptors (Lipinski definition) is 2. The van der Waals surface area contributed by atoms with Gasteiger partial charge in [0, 0.05) is 6.20 Å². The van der Waals surface area contributed by atoms with Crippen molar-refractivity contribution in [1.29, 1.82) is 0 Å². The zero-order chi connectivity index (χ0) is 5.98. The Morgan fingerprint density at radius 3 is 2.67 bits per heavy atom. The Balaban J connectivity index is 0.000000640. The molecule has 0 aliphatic carbocycles. The highest BCUT2D eigenvalue weighted by atomic mass is 35.5. The number of aromatic amines is 1. The molecule has 0 bridgehead atoms. The molecule has 0 saturated carbocycles. The zero-order valence-corrected chi connectivity index (χ0v) is 5.85. The van der Waals surface area contributed by atoms with Gasteiger partial charge in [-0.2, -0.15) is 5.10 Å². The van der Waals surface area contributed by atoms with Crippen LogP contribution in [-0.4, -0.2) is 15.3 Å². The van der Waals surface area contributed by atoms with Gasteiger partial charge in [0.1, 0.15) is 0 Å². The summed E-state index contributed by atoms with van der Waals surface area (Å²) in [5, 5.41) is 15.1. The maximum Gasteiger partial charge on any atom is 0.0926 e. The molecule has 0 unspecified atom stereocenters. The number of nitrogens with zero attached hydrogens (tertiary/aromatic N) is 1. The normalized spacial score (nSPS) is 12.2. The Morgan fingerprint density at radius 2 is 2.44 bits per heavy atom. The van der Waals surface area contributed by atoms with E-state index in [1.165, 1.54) is 0 Å². The second-order valence-corrected chi connectivity index (χ2v) is 1.69. The minimum atomic E-state index is -0.433. The molecule has 1 heterocycles. The van der Waals surface area contributed by atoms with E-state index in [0.717, 1.165) is 5.69 Å². The largest absolute Gasteiger partial charge is 0.387 e. The fraction of sp³-hybridized carbons (Fsp3) is 0.400. The van der Waals surface area contributed by atoms with Crippen molar-refractivity contribution < 1.29 is 5.11 Å². The van der Waals surface area contributed by atoms with Gasteiger partial charge < -0.3 is 5.11 Å². The Labute approximate surface area is 59.5 Å². The van der Waals surface area contributed by atoms with Gasteiger partial charge in [0.05, 0.1) is 11.8 Å². The Kier molecular flexibility index (Phi) is 3.27. The van der Waals surface area contributed by atoms with Crippen LogP contribution >= 0.6 is 12.4 Å². The van der Waals surface area contributed by atoms with Crippen molar-refractivity contribution in [3.05, 3.63) is 18.0 Å². The van der Waals surface area contributed by atoms with Crippen LogP contribution in [0.3, 0.4) is 0 Å². The number of hydrogen-bond donors (Lipinski definition) is 2. The van der Waals surface area contributed by atoms with Crippen LogP contribution in [0.1, 0.15) is 18.7 Å². The Hall–Kier alpha value is -0.540. The number of aliphatic hydroxyl groups excluding tert-OH is 1. The fourth-order valence-corrected chi connectivity index (χ4v) is 0.499. The van der Waals surface area contributed by atoms with Gasteiger partial charge in [0.25, 0.3) is 0 Å². The zero-order valence-electron chi connectivity index (χ0n) is 5.03. The summed E-state index contributed by atoms with van der Waals surface area (Å²) in [6, 6.07) is 1.74. The van der Waals surface area contributed by atoms with E-state index < -0.39 is 6.10 Å².